The molecule has 0 spiro atoms. The van der Waals surface area contributed by atoms with Gasteiger partial charge in [-0.15, -0.1) is 0 Å². The molecule has 1 aliphatic rings. The van der Waals surface area contributed by atoms with Crippen LogP contribution in [0.1, 0.15) is 11.7 Å². The van der Waals surface area contributed by atoms with Crippen molar-refractivity contribution in [1.82, 2.24) is 4.90 Å². The lowest BCUT2D eigenvalue weighted by Gasteiger charge is -2.25. The van der Waals surface area contributed by atoms with Gasteiger partial charge in [-0.1, -0.05) is 42.1 Å². The summed E-state index contributed by atoms with van der Waals surface area (Å²) in [5.41, 5.74) is 0.836. The molecule has 1 aromatic rings. The van der Waals surface area contributed by atoms with Crippen LogP contribution in [0, 0.1) is 16.1 Å². The van der Waals surface area contributed by atoms with E-state index >= 15 is 0 Å². The predicted octanol–water partition coefficient (Wildman–Crippen LogP) is 2.24. The van der Waals surface area contributed by atoms with Crippen LogP contribution in [0.15, 0.2) is 30.3 Å². The van der Waals surface area contributed by atoms with Crippen LogP contribution >= 0.6 is 23.5 Å². The molecular formula is C12H13N3OS2. The van der Waals surface area contributed by atoms with E-state index in [9.17, 15) is 5.11 Å². The number of β-amino-alcohol motifs (C(OH)–C–C–N with tert-alkyl or cyclic N) is 1. The van der Waals surface area contributed by atoms with Gasteiger partial charge in [0.25, 0.3) is 0 Å². The average molecular weight is 279 g/mol. The van der Waals surface area contributed by atoms with Gasteiger partial charge in [0.15, 0.2) is 5.17 Å². The van der Waals surface area contributed by atoms with Crippen LogP contribution in [-0.2, 0) is 0 Å². The Morgan fingerprint density at radius 3 is 2.94 bits per heavy atom. The average Bonchev–Trinajstić information content (AvgIpc) is 2.73. The predicted molar refractivity (Wildman–Crippen MR) is 75.3 cm³/mol. The molecule has 6 heteroatoms. The minimum absolute atomic E-state index is 0.0362. The number of aliphatic hydroxyl groups excluding tert-OH is 1. The summed E-state index contributed by atoms with van der Waals surface area (Å²) < 4.78 is 0. The molecule has 94 valence electrons. The highest BCUT2D eigenvalue weighted by molar-refractivity contribution is 8.15. The van der Waals surface area contributed by atoms with E-state index in [2.05, 4.69) is 5.40 Å². The number of nitriles is 1. The molecule has 0 saturated carbocycles. The van der Waals surface area contributed by atoms with Gasteiger partial charge in [0.2, 0.25) is 0 Å². The maximum Gasteiger partial charge on any atom is 0.157 e. The first-order valence-corrected chi connectivity index (χ1v) is 7.34. The minimum Gasteiger partial charge on any atom is -0.387 e. The van der Waals surface area contributed by atoms with Crippen molar-refractivity contribution in [1.29, 1.82) is 10.7 Å². The quantitative estimate of drug-likeness (QED) is 0.827. The summed E-state index contributed by atoms with van der Waals surface area (Å²) in [6, 6.07) is 9.39. The molecule has 18 heavy (non-hydrogen) atoms. The molecule has 0 radical (unpaired) electrons. The van der Waals surface area contributed by atoms with Gasteiger partial charge in [-0.3, -0.25) is 5.41 Å². The maximum atomic E-state index is 10.1. The minimum atomic E-state index is -0.632. The smallest absolute Gasteiger partial charge is 0.157 e. The molecule has 1 fully saturated rings. The maximum absolute atomic E-state index is 10.1. The molecule has 2 unspecified atom stereocenters. The summed E-state index contributed by atoms with van der Waals surface area (Å²) in [5.74, 6) is 0.721. The lowest BCUT2D eigenvalue weighted by molar-refractivity contribution is 0.144. The van der Waals surface area contributed by atoms with Gasteiger partial charge in [-0.2, -0.15) is 5.26 Å². The third kappa shape index (κ3) is 2.99. The van der Waals surface area contributed by atoms with E-state index in [4.69, 9.17) is 10.7 Å². The van der Waals surface area contributed by atoms with Crippen molar-refractivity contribution in [2.45, 2.75) is 11.5 Å². The fourth-order valence-electron chi connectivity index (χ4n) is 1.78. The molecular weight excluding hydrogens is 266 g/mol. The monoisotopic (exact) mass is 279 g/mol. The van der Waals surface area contributed by atoms with Crippen molar-refractivity contribution < 1.29 is 5.11 Å². The Hall–Kier alpha value is -1.16. The van der Waals surface area contributed by atoms with Crippen LogP contribution < -0.4 is 0 Å². The topological polar surface area (TPSA) is 71.1 Å². The molecule has 0 aliphatic carbocycles. The molecule has 1 aromatic carbocycles. The van der Waals surface area contributed by atoms with Gasteiger partial charge < -0.3 is 10.0 Å². The number of amidine groups is 1. The fourth-order valence-corrected chi connectivity index (χ4v) is 3.61. The fraction of sp³-hybridized carbons (Fsp3) is 0.333. The van der Waals surface area contributed by atoms with Gasteiger partial charge in [0.1, 0.15) is 10.8 Å². The van der Waals surface area contributed by atoms with Gasteiger partial charge >= 0.3 is 0 Å². The van der Waals surface area contributed by atoms with E-state index in [1.165, 1.54) is 11.8 Å². The number of hydrogen-bond acceptors (Lipinski definition) is 5. The number of aliphatic hydroxyl groups is 1. The first-order valence-electron chi connectivity index (χ1n) is 5.48. The van der Waals surface area contributed by atoms with E-state index in [0.717, 1.165) is 23.1 Å². The zero-order chi connectivity index (χ0) is 13.0. The second kappa shape index (κ2) is 6.14. The van der Waals surface area contributed by atoms with Crippen molar-refractivity contribution in [2.75, 3.05) is 12.3 Å². The van der Waals surface area contributed by atoms with Gasteiger partial charge in [0, 0.05) is 5.75 Å². The summed E-state index contributed by atoms with van der Waals surface area (Å²) >= 11 is 2.56. The number of rotatable bonds is 4. The van der Waals surface area contributed by atoms with Crippen LogP contribution in [-0.4, -0.2) is 32.8 Å². The lowest BCUT2D eigenvalue weighted by Crippen LogP contribution is -2.34. The molecule has 2 N–H and O–H groups in total. The summed E-state index contributed by atoms with van der Waals surface area (Å²) in [4.78, 5) is 1.79. The second-order valence-electron chi connectivity index (χ2n) is 3.86. The zero-order valence-corrected chi connectivity index (χ0v) is 11.2. The Bertz CT molecular complexity index is 460. The number of nitrogens with zero attached hydrogens (tertiary/aromatic N) is 2. The lowest BCUT2D eigenvalue weighted by atomic mass is 10.1. The van der Waals surface area contributed by atoms with E-state index in [0.29, 0.717) is 11.7 Å². The molecule has 1 saturated heterocycles. The Morgan fingerprint density at radius 2 is 2.28 bits per heavy atom. The first-order chi connectivity index (χ1) is 8.72. The summed E-state index contributed by atoms with van der Waals surface area (Å²) in [6.07, 6.45) is -0.632. The van der Waals surface area contributed by atoms with Crippen LogP contribution in [0.4, 0.5) is 0 Å². The van der Waals surface area contributed by atoms with E-state index in [1.54, 1.807) is 4.90 Å². The molecule has 0 aromatic heterocycles. The van der Waals surface area contributed by atoms with Crippen molar-refractivity contribution in [3.05, 3.63) is 35.9 Å². The zero-order valence-electron chi connectivity index (χ0n) is 9.61. The summed E-state index contributed by atoms with van der Waals surface area (Å²) in [6.45, 7) is 0.356. The van der Waals surface area contributed by atoms with E-state index < -0.39 is 6.10 Å². The number of thioether (sulfide) groups is 2. The molecule has 0 amide bonds. The largest absolute Gasteiger partial charge is 0.387 e. The SMILES string of the molecule is N#CSC1CSC(=N)N1CC(O)c1ccccc1. The third-order valence-corrected chi connectivity index (χ3v) is 4.71. The van der Waals surface area contributed by atoms with Crippen LogP contribution in [0.3, 0.4) is 0 Å². The number of benzene rings is 1. The van der Waals surface area contributed by atoms with E-state index in [1.807, 2.05) is 30.3 Å². The molecule has 2 rings (SSSR count). The molecule has 1 heterocycles. The number of hydrogen-bond donors (Lipinski definition) is 2. The highest BCUT2D eigenvalue weighted by Gasteiger charge is 2.31. The highest BCUT2D eigenvalue weighted by Crippen LogP contribution is 2.31. The Morgan fingerprint density at radius 1 is 1.56 bits per heavy atom. The molecule has 2 atom stereocenters. The van der Waals surface area contributed by atoms with Gasteiger partial charge in [-0.05, 0) is 17.3 Å². The summed E-state index contributed by atoms with van der Waals surface area (Å²) in [7, 11) is 0. The van der Waals surface area contributed by atoms with Crippen molar-refractivity contribution >= 4 is 28.7 Å². The van der Waals surface area contributed by atoms with Gasteiger partial charge in [0.05, 0.1) is 12.6 Å². The van der Waals surface area contributed by atoms with E-state index in [-0.39, 0.29) is 5.37 Å². The van der Waals surface area contributed by atoms with Crippen molar-refractivity contribution in [2.24, 2.45) is 0 Å². The van der Waals surface area contributed by atoms with Crippen LogP contribution in [0.25, 0.3) is 0 Å². The Balaban J connectivity index is 2.04. The highest BCUT2D eigenvalue weighted by atomic mass is 32.2. The van der Waals surface area contributed by atoms with Crippen molar-refractivity contribution in [3.8, 4) is 5.40 Å². The molecule has 1 aliphatic heterocycles. The Kier molecular flexibility index (Phi) is 4.53. The summed E-state index contributed by atoms with van der Waals surface area (Å²) in [5, 5.41) is 29.1. The molecule has 0 bridgehead atoms. The number of thiocyanates is 1. The standard InChI is InChI=1S/C12H13N3OS2/c13-8-18-11-7-17-12(14)15(11)6-10(16)9-4-2-1-3-5-9/h1-5,10-11,14,16H,6-7H2. The second-order valence-corrected chi connectivity index (χ2v) is 5.83. The third-order valence-electron chi connectivity index (χ3n) is 2.71. The Labute approximate surface area is 114 Å². The van der Waals surface area contributed by atoms with Crippen LogP contribution in [0.2, 0.25) is 0 Å². The number of nitrogens with one attached hydrogen (secondary N) is 1. The normalized spacial score (nSPS) is 20.8. The molecule has 4 nitrogen and oxygen atoms in total. The van der Waals surface area contributed by atoms with Gasteiger partial charge in [-0.25, -0.2) is 0 Å². The van der Waals surface area contributed by atoms with Crippen LogP contribution in [0.5, 0.6) is 0 Å². The van der Waals surface area contributed by atoms with Crippen molar-refractivity contribution in [3.63, 3.8) is 0 Å². The first kappa shape index (κ1) is 13.3.